The molecule has 1 rings (SSSR count). The largest absolute Gasteiger partial charge is 0.496 e. The van der Waals surface area contributed by atoms with Crippen molar-refractivity contribution in [3.8, 4) is 5.75 Å². The number of benzene rings is 1. The molecule has 1 aromatic carbocycles. The van der Waals surface area contributed by atoms with Crippen LogP contribution in [0.2, 0.25) is 0 Å². The van der Waals surface area contributed by atoms with Crippen molar-refractivity contribution in [2.24, 2.45) is 0 Å². The quantitative estimate of drug-likeness (QED) is 0.659. The first-order chi connectivity index (χ1) is 5.69. The van der Waals surface area contributed by atoms with Crippen molar-refractivity contribution in [3.05, 3.63) is 29.1 Å². The van der Waals surface area contributed by atoms with Gasteiger partial charge in [0.1, 0.15) is 11.6 Å². The van der Waals surface area contributed by atoms with Gasteiger partial charge >= 0.3 is 0 Å². The summed E-state index contributed by atoms with van der Waals surface area (Å²) in [6.07, 6.45) is 0.697. The van der Waals surface area contributed by atoms with Gasteiger partial charge in [-0.3, -0.25) is 0 Å². The van der Waals surface area contributed by atoms with E-state index in [1.807, 2.05) is 13.8 Å². The number of halogens is 1. The highest BCUT2D eigenvalue weighted by Crippen LogP contribution is 2.21. The minimum atomic E-state index is -0.143. The molecule has 0 unspecified atom stereocenters. The first-order valence-corrected chi connectivity index (χ1v) is 4.02. The van der Waals surface area contributed by atoms with Crippen LogP contribution in [-0.4, -0.2) is 7.11 Å². The summed E-state index contributed by atoms with van der Waals surface area (Å²) >= 11 is 0. The van der Waals surface area contributed by atoms with Gasteiger partial charge in [-0.25, -0.2) is 4.39 Å². The molecule has 0 fully saturated rings. The molecule has 0 saturated heterocycles. The third kappa shape index (κ3) is 1.58. The van der Waals surface area contributed by atoms with Gasteiger partial charge in [0.2, 0.25) is 0 Å². The molecule has 66 valence electrons. The topological polar surface area (TPSA) is 9.23 Å². The van der Waals surface area contributed by atoms with Gasteiger partial charge in [0.05, 0.1) is 7.11 Å². The van der Waals surface area contributed by atoms with Crippen LogP contribution in [-0.2, 0) is 6.42 Å². The SMILES string of the molecule is CCc1cc(OC)c(C)cc1F. The molecular weight excluding hydrogens is 155 g/mol. The van der Waals surface area contributed by atoms with E-state index in [4.69, 9.17) is 4.74 Å². The Bertz CT molecular complexity index is 256. The van der Waals surface area contributed by atoms with E-state index in [9.17, 15) is 4.39 Å². The Balaban J connectivity index is 3.18. The minimum absolute atomic E-state index is 0.143. The normalized spacial score (nSPS) is 10.0. The summed E-state index contributed by atoms with van der Waals surface area (Å²) < 4.78 is 18.2. The molecule has 0 aliphatic heterocycles. The Morgan fingerprint density at radius 1 is 1.42 bits per heavy atom. The number of ether oxygens (including phenoxy) is 1. The van der Waals surface area contributed by atoms with E-state index in [0.29, 0.717) is 12.0 Å². The molecule has 1 nitrogen and oxygen atoms in total. The predicted molar refractivity (Wildman–Crippen MR) is 47.1 cm³/mol. The van der Waals surface area contributed by atoms with Crippen LogP contribution < -0.4 is 4.74 Å². The molecular formula is C10H13FO. The summed E-state index contributed by atoms with van der Waals surface area (Å²) in [5.41, 5.74) is 1.55. The van der Waals surface area contributed by atoms with Crippen molar-refractivity contribution in [1.29, 1.82) is 0 Å². The van der Waals surface area contributed by atoms with E-state index in [1.54, 1.807) is 13.2 Å². The molecule has 0 bridgehead atoms. The molecule has 12 heavy (non-hydrogen) atoms. The lowest BCUT2D eigenvalue weighted by Crippen LogP contribution is -1.93. The molecule has 0 heterocycles. The molecule has 0 radical (unpaired) electrons. The highest BCUT2D eigenvalue weighted by molar-refractivity contribution is 5.37. The highest BCUT2D eigenvalue weighted by atomic mass is 19.1. The van der Waals surface area contributed by atoms with E-state index in [2.05, 4.69) is 0 Å². The van der Waals surface area contributed by atoms with Crippen LogP contribution in [0.25, 0.3) is 0 Å². The van der Waals surface area contributed by atoms with Crippen molar-refractivity contribution in [2.45, 2.75) is 20.3 Å². The molecule has 0 aromatic heterocycles. The molecule has 0 atom stereocenters. The van der Waals surface area contributed by atoms with Crippen LogP contribution >= 0.6 is 0 Å². The second-order valence-corrected chi connectivity index (χ2v) is 2.77. The van der Waals surface area contributed by atoms with Gasteiger partial charge in [-0.15, -0.1) is 0 Å². The highest BCUT2D eigenvalue weighted by Gasteiger charge is 2.05. The Morgan fingerprint density at radius 2 is 2.08 bits per heavy atom. The fourth-order valence-electron chi connectivity index (χ4n) is 1.19. The zero-order valence-corrected chi connectivity index (χ0v) is 7.65. The summed E-state index contributed by atoms with van der Waals surface area (Å²) in [7, 11) is 1.60. The van der Waals surface area contributed by atoms with Crippen LogP contribution in [0.4, 0.5) is 4.39 Å². The molecule has 0 amide bonds. The van der Waals surface area contributed by atoms with Crippen molar-refractivity contribution >= 4 is 0 Å². The lowest BCUT2D eigenvalue weighted by Gasteiger charge is -2.07. The second kappa shape index (κ2) is 3.57. The van der Waals surface area contributed by atoms with Gasteiger partial charge in [0.25, 0.3) is 0 Å². The summed E-state index contributed by atoms with van der Waals surface area (Å²) in [6, 6.07) is 3.27. The second-order valence-electron chi connectivity index (χ2n) is 2.77. The lowest BCUT2D eigenvalue weighted by atomic mass is 10.1. The first-order valence-electron chi connectivity index (χ1n) is 4.02. The average Bonchev–Trinajstić information content (AvgIpc) is 2.05. The van der Waals surface area contributed by atoms with Gasteiger partial charge in [0, 0.05) is 0 Å². The summed E-state index contributed by atoms with van der Waals surface area (Å²) in [6.45, 7) is 3.76. The fraction of sp³-hybridized carbons (Fsp3) is 0.400. The van der Waals surface area contributed by atoms with Gasteiger partial charge < -0.3 is 4.74 Å². The van der Waals surface area contributed by atoms with Crippen molar-refractivity contribution in [3.63, 3.8) is 0 Å². The monoisotopic (exact) mass is 168 g/mol. The van der Waals surface area contributed by atoms with Gasteiger partial charge in [-0.05, 0) is 36.6 Å². The van der Waals surface area contributed by atoms with E-state index in [-0.39, 0.29) is 5.82 Å². The van der Waals surface area contributed by atoms with Gasteiger partial charge in [-0.2, -0.15) is 0 Å². The maximum Gasteiger partial charge on any atom is 0.126 e. The number of hydrogen-bond donors (Lipinski definition) is 0. The number of methoxy groups -OCH3 is 1. The van der Waals surface area contributed by atoms with Crippen molar-refractivity contribution < 1.29 is 9.13 Å². The molecule has 0 saturated carbocycles. The minimum Gasteiger partial charge on any atom is -0.496 e. The van der Waals surface area contributed by atoms with Crippen LogP contribution in [0, 0.1) is 12.7 Å². The smallest absolute Gasteiger partial charge is 0.126 e. The molecule has 1 aromatic rings. The average molecular weight is 168 g/mol. The maximum absolute atomic E-state index is 13.1. The van der Waals surface area contributed by atoms with Gasteiger partial charge in [0.15, 0.2) is 0 Å². The van der Waals surface area contributed by atoms with Gasteiger partial charge in [-0.1, -0.05) is 6.92 Å². The number of aryl methyl sites for hydroxylation is 2. The van der Waals surface area contributed by atoms with E-state index >= 15 is 0 Å². The molecule has 0 aliphatic rings. The third-order valence-corrected chi connectivity index (χ3v) is 1.94. The van der Waals surface area contributed by atoms with Crippen molar-refractivity contribution in [2.75, 3.05) is 7.11 Å². The lowest BCUT2D eigenvalue weighted by molar-refractivity contribution is 0.409. The number of rotatable bonds is 2. The molecule has 0 N–H and O–H groups in total. The predicted octanol–water partition coefficient (Wildman–Crippen LogP) is 2.71. The summed E-state index contributed by atoms with van der Waals surface area (Å²) in [5, 5.41) is 0. The van der Waals surface area contributed by atoms with E-state index < -0.39 is 0 Å². The summed E-state index contributed by atoms with van der Waals surface area (Å²) in [4.78, 5) is 0. The standard InChI is InChI=1S/C10H13FO/c1-4-8-6-10(12-3)7(2)5-9(8)11/h5-6H,4H2,1-3H3. The zero-order valence-electron chi connectivity index (χ0n) is 7.65. The Hall–Kier alpha value is -1.05. The Labute approximate surface area is 72.2 Å². The first kappa shape index (κ1) is 9.04. The molecule has 0 spiro atoms. The van der Waals surface area contributed by atoms with Crippen LogP contribution in [0.3, 0.4) is 0 Å². The van der Waals surface area contributed by atoms with Crippen LogP contribution in [0.15, 0.2) is 12.1 Å². The molecule has 2 heteroatoms. The van der Waals surface area contributed by atoms with E-state index in [0.717, 1.165) is 11.3 Å². The van der Waals surface area contributed by atoms with Crippen LogP contribution in [0.5, 0.6) is 5.75 Å². The van der Waals surface area contributed by atoms with Crippen LogP contribution in [0.1, 0.15) is 18.1 Å². The van der Waals surface area contributed by atoms with E-state index in [1.165, 1.54) is 6.07 Å². The zero-order chi connectivity index (χ0) is 9.14. The Morgan fingerprint density at radius 3 is 2.58 bits per heavy atom. The third-order valence-electron chi connectivity index (χ3n) is 1.94. The fourth-order valence-corrected chi connectivity index (χ4v) is 1.19. The number of hydrogen-bond acceptors (Lipinski definition) is 1. The van der Waals surface area contributed by atoms with Crippen molar-refractivity contribution in [1.82, 2.24) is 0 Å². The summed E-state index contributed by atoms with van der Waals surface area (Å²) in [5.74, 6) is 0.615. The maximum atomic E-state index is 13.1. The molecule has 0 aliphatic carbocycles. The Kier molecular flexibility index (Phi) is 2.69.